The van der Waals surface area contributed by atoms with Crippen LogP contribution in [-0.2, 0) is 0 Å². The second kappa shape index (κ2) is 3.42. The standard InChI is InChI=1S/C6H6N2O3S/c7-12-6-2-1-4(8(10)11)3-5(6)9/h1-3,9H,7H2. The van der Waals surface area contributed by atoms with Gasteiger partial charge in [-0.3, -0.25) is 15.3 Å². The third-order valence-electron chi connectivity index (χ3n) is 1.28. The number of rotatable bonds is 2. The van der Waals surface area contributed by atoms with Crippen molar-refractivity contribution >= 4 is 17.6 Å². The van der Waals surface area contributed by atoms with E-state index in [0.717, 1.165) is 18.0 Å². The van der Waals surface area contributed by atoms with Crippen LogP contribution < -0.4 is 5.14 Å². The van der Waals surface area contributed by atoms with Crippen molar-refractivity contribution in [3.8, 4) is 5.75 Å². The number of hydrogen-bond acceptors (Lipinski definition) is 5. The van der Waals surface area contributed by atoms with E-state index in [0.29, 0.717) is 4.90 Å². The first kappa shape index (κ1) is 8.82. The number of phenols is 1. The molecule has 0 spiro atoms. The Kier molecular flexibility index (Phi) is 2.51. The first-order valence-electron chi connectivity index (χ1n) is 2.99. The Morgan fingerprint density at radius 2 is 2.25 bits per heavy atom. The topological polar surface area (TPSA) is 89.4 Å². The summed E-state index contributed by atoms with van der Waals surface area (Å²) in [7, 11) is 0. The van der Waals surface area contributed by atoms with Gasteiger partial charge in [-0.15, -0.1) is 0 Å². The zero-order valence-corrected chi connectivity index (χ0v) is 6.75. The number of nitrogens with two attached hydrogens (primary N) is 1. The number of non-ortho nitro benzene ring substituents is 1. The van der Waals surface area contributed by atoms with E-state index in [1.54, 1.807) is 0 Å². The normalized spacial score (nSPS) is 9.75. The molecule has 0 aromatic heterocycles. The lowest BCUT2D eigenvalue weighted by atomic mass is 10.3. The average Bonchev–Trinajstić information content (AvgIpc) is 2.04. The van der Waals surface area contributed by atoms with Crippen LogP contribution in [-0.4, -0.2) is 10.0 Å². The monoisotopic (exact) mass is 186 g/mol. The van der Waals surface area contributed by atoms with Crippen molar-refractivity contribution in [1.29, 1.82) is 0 Å². The van der Waals surface area contributed by atoms with E-state index in [-0.39, 0.29) is 11.4 Å². The van der Waals surface area contributed by atoms with Crippen molar-refractivity contribution < 1.29 is 10.0 Å². The lowest BCUT2D eigenvalue weighted by Crippen LogP contribution is -1.88. The van der Waals surface area contributed by atoms with E-state index < -0.39 is 4.92 Å². The van der Waals surface area contributed by atoms with Crippen LogP contribution >= 0.6 is 11.9 Å². The zero-order chi connectivity index (χ0) is 9.14. The maximum atomic E-state index is 10.2. The zero-order valence-electron chi connectivity index (χ0n) is 5.93. The fourth-order valence-electron chi connectivity index (χ4n) is 0.719. The number of benzene rings is 1. The van der Waals surface area contributed by atoms with Crippen LogP contribution in [0.3, 0.4) is 0 Å². The van der Waals surface area contributed by atoms with Crippen LogP contribution in [0.25, 0.3) is 0 Å². The van der Waals surface area contributed by atoms with E-state index in [9.17, 15) is 10.1 Å². The molecule has 0 saturated carbocycles. The highest BCUT2D eigenvalue weighted by Gasteiger charge is 2.08. The molecule has 0 bridgehead atoms. The van der Waals surface area contributed by atoms with E-state index in [1.807, 2.05) is 0 Å². The van der Waals surface area contributed by atoms with Gasteiger partial charge in [0.05, 0.1) is 15.9 Å². The molecule has 0 heterocycles. The van der Waals surface area contributed by atoms with Gasteiger partial charge in [-0.1, -0.05) is 0 Å². The van der Waals surface area contributed by atoms with Gasteiger partial charge < -0.3 is 5.11 Å². The summed E-state index contributed by atoms with van der Waals surface area (Å²) in [5.74, 6) is -0.170. The van der Waals surface area contributed by atoms with Crippen molar-refractivity contribution in [2.45, 2.75) is 4.90 Å². The van der Waals surface area contributed by atoms with E-state index in [4.69, 9.17) is 10.2 Å². The van der Waals surface area contributed by atoms with Crippen LogP contribution in [0.15, 0.2) is 23.1 Å². The second-order valence-corrected chi connectivity index (χ2v) is 2.70. The Balaban J connectivity index is 3.10. The highest BCUT2D eigenvalue weighted by molar-refractivity contribution is 7.97. The van der Waals surface area contributed by atoms with Crippen LogP contribution in [0.5, 0.6) is 5.75 Å². The SMILES string of the molecule is NSc1ccc([N+](=O)[O-])cc1O. The van der Waals surface area contributed by atoms with Crippen molar-refractivity contribution in [1.82, 2.24) is 0 Å². The maximum Gasteiger partial charge on any atom is 0.273 e. The largest absolute Gasteiger partial charge is 0.506 e. The molecule has 0 aliphatic rings. The van der Waals surface area contributed by atoms with Crippen molar-refractivity contribution in [3.05, 3.63) is 28.3 Å². The molecule has 1 aromatic carbocycles. The van der Waals surface area contributed by atoms with E-state index >= 15 is 0 Å². The Bertz CT molecular complexity index is 316. The minimum absolute atomic E-state index is 0.148. The summed E-state index contributed by atoms with van der Waals surface area (Å²) in [6, 6.07) is 3.75. The van der Waals surface area contributed by atoms with Gasteiger partial charge in [0.15, 0.2) is 0 Å². The van der Waals surface area contributed by atoms with Crippen molar-refractivity contribution in [3.63, 3.8) is 0 Å². The Hall–Kier alpha value is -1.27. The summed E-state index contributed by atoms with van der Waals surface area (Å²) in [5.41, 5.74) is -0.148. The van der Waals surface area contributed by atoms with E-state index in [2.05, 4.69) is 0 Å². The molecular weight excluding hydrogens is 180 g/mol. The predicted octanol–water partition coefficient (Wildman–Crippen LogP) is 1.27. The molecule has 64 valence electrons. The molecule has 0 aliphatic heterocycles. The fraction of sp³-hybridized carbons (Fsp3) is 0. The molecule has 0 unspecified atom stereocenters. The van der Waals surface area contributed by atoms with Gasteiger partial charge in [0.1, 0.15) is 5.75 Å². The Labute approximate surface area is 72.5 Å². The molecule has 1 aromatic rings. The maximum absolute atomic E-state index is 10.2. The molecule has 6 heteroatoms. The molecule has 5 nitrogen and oxygen atoms in total. The van der Waals surface area contributed by atoms with Crippen LogP contribution in [0.2, 0.25) is 0 Å². The van der Waals surface area contributed by atoms with Crippen molar-refractivity contribution in [2.75, 3.05) is 0 Å². The van der Waals surface area contributed by atoms with Crippen LogP contribution in [0.4, 0.5) is 5.69 Å². The summed E-state index contributed by atoms with van der Waals surface area (Å²) >= 11 is 0.843. The summed E-state index contributed by atoms with van der Waals surface area (Å²) < 4.78 is 0. The predicted molar refractivity (Wildman–Crippen MR) is 44.8 cm³/mol. The number of nitrogens with zero attached hydrogens (tertiary/aromatic N) is 1. The minimum atomic E-state index is -0.579. The third kappa shape index (κ3) is 1.66. The third-order valence-corrected chi connectivity index (χ3v) is 1.88. The molecule has 0 radical (unpaired) electrons. The smallest absolute Gasteiger partial charge is 0.273 e. The molecular formula is C6H6N2O3S. The average molecular weight is 186 g/mol. The molecule has 12 heavy (non-hydrogen) atoms. The summed E-state index contributed by atoms with van der Waals surface area (Å²) in [5, 5.41) is 24.5. The van der Waals surface area contributed by atoms with E-state index in [1.165, 1.54) is 12.1 Å². The first-order chi connectivity index (χ1) is 5.65. The number of nitro benzene ring substituents is 1. The Morgan fingerprint density at radius 1 is 1.58 bits per heavy atom. The van der Waals surface area contributed by atoms with Crippen LogP contribution in [0, 0.1) is 10.1 Å². The molecule has 1 rings (SSSR count). The van der Waals surface area contributed by atoms with Gasteiger partial charge >= 0.3 is 0 Å². The number of nitro groups is 1. The first-order valence-corrected chi connectivity index (χ1v) is 3.87. The van der Waals surface area contributed by atoms with Gasteiger partial charge in [-0.25, -0.2) is 0 Å². The van der Waals surface area contributed by atoms with Crippen molar-refractivity contribution in [2.24, 2.45) is 5.14 Å². The fourth-order valence-corrected chi connectivity index (χ4v) is 1.05. The lowest BCUT2D eigenvalue weighted by Gasteiger charge is -1.98. The van der Waals surface area contributed by atoms with Gasteiger partial charge in [0, 0.05) is 6.07 Å². The molecule has 0 saturated heterocycles. The quantitative estimate of drug-likeness (QED) is 0.412. The molecule has 0 aliphatic carbocycles. The molecule has 0 fully saturated rings. The highest BCUT2D eigenvalue weighted by Crippen LogP contribution is 2.28. The summed E-state index contributed by atoms with van der Waals surface area (Å²) in [6.07, 6.45) is 0. The minimum Gasteiger partial charge on any atom is -0.506 e. The molecule has 0 atom stereocenters. The van der Waals surface area contributed by atoms with Gasteiger partial charge in [-0.2, -0.15) is 0 Å². The number of hydrogen-bond donors (Lipinski definition) is 2. The number of aromatic hydroxyl groups is 1. The van der Waals surface area contributed by atoms with Gasteiger partial charge in [-0.05, 0) is 18.0 Å². The summed E-state index contributed by atoms with van der Waals surface area (Å²) in [6.45, 7) is 0. The second-order valence-electron chi connectivity index (χ2n) is 2.03. The van der Waals surface area contributed by atoms with Crippen LogP contribution in [0.1, 0.15) is 0 Å². The van der Waals surface area contributed by atoms with Gasteiger partial charge in [0.2, 0.25) is 0 Å². The Morgan fingerprint density at radius 3 is 2.67 bits per heavy atom. The molecule has 0 amide bonds. The number of phenolic OH excluding ortho intramolecular Hbond substituents is 1. The lowest BCUT2D eigenvalue weighted by molar-refractivity contribution is -0.385. The summed E-state index contributed by atoms with van der Waals surface area (Å²) in [4.78, 5) is 10.0. The molecule has 3 N–H and O–H groups in total. The highest BCUT2D eigenvalue weighted by atomic mass is 32.2. The van der Waals surface area contributed by atoms with Gasteiger partial charge in [0.25, 0.3) is 5.69 Å².